The van der Waals surface area contributed by atoms with Crippen LogP contribution < -0.4 is 10.6 Å². The van der Waals surface area contributed by atoms with Crippen LogP contribution in [0.5, 0.6) is 0 Å². The van der Waals surface area contributed by atoms with Crippen molar-refractivity contribution in [2.75, 3.05) is 37.6 Å². The molecule has 0 aromatic carbocycles. The lowest BCUT2D eigenvalue weighted by atomic mass is 10.2. The van der Waals surface area contributed by atoms with E-state index in [9.17, 15) is 0 Å². The van der Waals surface area contributed by atoms with E-state index in [-0.39, 0.29) is 5.84 Å². The largest absolute Gasteiger partial charge is 0.409 e. The first-order valence-electron chi connectivity index (χ1n) is 6.89. The number of pyridine rings is 1. The molecule has 8 nitrogen and oxygen atoms in total. The summed E-state index contributed by atoms with van der Waals surface area (Å²) in [6.45, 7) is 3.89. The van der Waals surface area contributed by atoms with Gasteiger partial charge in [0.05, 0.1) is 18.4 Å². The second kappa shape index (κ2) is 5.57. The smallest absolute Gasteiger partial charge is 0.156 e. The van der Waals surface area contributed by atoms with E-state index in [0.29, 0.717) is 6.54 Å². The van der Waals surface area contributed by atoms with Crippen LogP contribution in [0.4, 0.5) is 5.82 Å². The van der Waals surface area contributed by atoms with Gasteiger partial charge in [0, 0.05) is 39.4 Å². The highest BCUT2D eigenvalue weighted by atomic mass is 16.4. The summed E-state index contributed by atoms with van der Waals surface area (Å²) >= 11 is 0. The Morgan fingerprint density at radius 2 is 2.10 bits per heavy atom. The van der Waals surface area contributed by atoms with Crippen molar-refractivity contribution in [1.29, 1.82) is 0 Å². The summed E-state index contributed by atoms with van der Waals surface area (Å²) in [6.07, 6.45) is 3.63. The third-order valence-electron chi connectivity index (χ3n) is 3.81. The molecule has 0 amide bonds. The number of piperazine rings is 1. The molecule has 0 saturated carbocycles. The number of aryl methyl sites for hydroxylation is 1. The number of nitrogens with zero attached hydrogens (tertiary/aromatic N) is 6. The van der Waals surface area contributed by atoms with Crippen molar-refractivity contribution in [3.05, 3.63) is 18.6 Å². The SMILES string of the molecule is Cn1cnc2c(N3CCN(C/C(N)=N/O)CC3)nccc21. The van der Waals surface area contributed by atoms with Crippen LogP contribution in [0.1, 0.15) is 0 Å². The van der Waals surface area contributed by atoms with E-state index in [1.807, 2.05) is 30.2 Å². The number of amidine groups is 1. The van der Waals surface area contributed by atoms with Gasteiger partial charge in [-0.15, -0.1) is 0 Å². The number of aromatic nitrogens is 3. The average molecular weight is 289 g/mol. The second-order valence-corrected chi connectivity index (χ2v) is 5.21. The fourth-order valence-electron chi connectivity index (χ4n) is 2.66. The molecule has 0 radical (unpaired) electrons. The Bertz CT molecular complexity index is 658. The lowest BCUT2D eigenvalue weighted by Gasteiger charge is -2.35. The van der Waals surface area contributed by atoms with E-state index in [1.54, 1.807) is 0 Å². The van der Waals surface area contributed by atoms with Gasteiger partial charge in [0.15, 0.2) is 11.7 Å². The molecule has 3 heterocycles. The summed E-state index contributed by atoms with van der Waals surface area (Å²) in [4.78, 5) is 13.3. The van der Waals surface area contributed by atoms with Crippen LogP contribution in [0, 0.1) is 0 Å². The fraction of sp³-hybridized carbons (Fsp3) is 0.462. The maximum atomic E-state index is 8.62. The monoisotopic (exact) mass is 289 g/mol. The van der Waals surface area contributed by atoms with E-state index in [0.717, 1.165) is 43.0 Å². The van der Waals surface area contributed by atoms with E-state index >= 15 is 0 Å². The average Bonchev–Trinajstić information content (AvgIpc) is 2.90. The van der Waals surface area contributed by atoms with Gasteiger partial charge >= 0.3 is 0 Å². The maximum Gasteiger partial charge on any atom is 0.156 e. The first kappa shape index (κ1) is 13.6. The first-order chi connectivity index (χ1) is 10.2. The molecule has 2 aromatic rings. The topological polar surface area (TPSA) is 95.8 Å². The predicted octanol–water partition coefficient (Wildman–Crippen LogP) is -0.163. The predicted molar refractivity (Wildman–Crippen MR) is 80.6 cm³/mol. The number of hydrogen-bond acceptors (Lipinski definition) is 6. The number of oxime groups is 1. The molecule has 8 heteroatoms. The van der Waals surface area contributed by atoms with Gasteiger partial charge in [0.1, 0.15) is 5.52 Å². The van der Waals surface area contributed by atoms with Crippen LogP contribution in [0.2, 0.25) is 0 Å². The molecule has 1 fully saturated rings. The zero-order chi connectivity index (χ0) is 14.8. The molecular formula is C13H19N7O. The lowest BCUT2D eigenvalue weighted by Crippen LogP contribution is -2.49. The lowest BCUT2D eigenvalue weighted by molar-refractivity contribution is 0.278. The van der Waals surface area contributed by atoms with Gasteiger partial charge in [-0.3, -0.25) is 4.90 Å². The van der Waals surface area contributed by atoms with Crippen molar-refractivity contribution < 1.29 is 5.21 Å². The van der Waals surface area contributed by atoms with Gasteiger partial charge in [-0.1, -0.05) is 5.16 Å². The zero-order valence-electron chi connectivity index (χ0n) is 12.0. The van der Waals surface area contributed by atoms with Gasteiger partial charge in [-0.2, -0.15) is 0 Å². The van der Waals surface area contributed by atoms with E-state index in [2.05, 4.69) is 24.9 Å². The molecular weight excluding hydrogens is 270 g/mol. The molecule has 0 aliphatic carbocycles. The Kier molecular flexibility index (Phi) is 3.61. The van der Waals surface area contributed by atoms with Crippen molar-refractivity contribution in [3.8, 4) is 0 Å². The molecule has 0 spiro atoms. The van der Waals surface area contributed by atoms with Gasteiger partial charge in [0.25, 0.3) is 0 Å². The Hall–Kier alpha value is -2.35. The summed E-state index contributed by atoms with van der Waals surface area (Å²) in [5.41, 5.74) is 7.56. The van der Waals surface area contributed by atoms with Gasteiger partial charge in [0.2, 0.25) is 0 Å². The quantitative estimate of drug-likeness (QED) is 0.353. The van der Waals surface area contributed by atoms with E-state index in [4.69, 9.17) is 10.9 Å². The molecule has 0 atom stereocenters. The van der Waals surface area contributed by atoms with Crippen molar-refractivity contribution >= 4 is 22.7 Å². The standard InChI is InChI=1S/C13H19N7O/c1-18-9-16-12-10(18)2-3-15-13(12)20-6-4-19(5-7-20)8-11(14)17-21/h2-3,9,21H,4-8H2,1H3,(H2,14,17). The Morgan fingerprint density at radius 3 is 2.81 bits per heavy atom. The third-order valence-corrected chi connectivity index (χ3v) is 3.81. The van der Waals surface area contributed by atoms with Crippen molar-refractivity contribution in [3.63, 3.8) is 0 Å². The minimum Gasteiger partial charge on any atom is -0.409 e. The number of fused-ring (bicyclic) bond motifs is 1. The normalized spacial score (nSPS) is 17.6. The molecule has 112 valence electrons. The summed E-state index contributed by atoms with van der Waals surface area (Å²) in [6, 6.07) is 1.97. The molecule has 1 aliphatic rings. The molecule has 0 bridgehead atoms. The van der Waals surface area contributed by atoms with Crippen LogP contribution >= 0.6 is 0 Å². The number of imidazole rings is 1. The van der Waals surface area contributed by atoms with Crippen LogP contribution in [-0.2, 0) is 7.05 Å². The zero-order valence-corrected chi connectivity index (χ0v) is 12.0. The van der Waals surface area contributed by atoms with Crippen molar-refractivity contribution in [2.45, 2.75) is 0 Å². The molecule has 3 N–H and O–H groups in total. The summed E-state index contributed by atoms with van der Waals surface area (Å²) < 4.78 is 2.00. The minimum atomic E-state index is 0.244. The fourth-order valence-corrected chi connectivity index (χ4v) is 2.66. The summed E-state index contributed by atoms with van der Waals surface area (Å²) in [5.74, 6) is 1.17. The number of rotatable bonds is 3. The van der Waals surface area contributed by atoms with Gasteiger partial charge in [-0.25, -0.2) is 9.97 Å². The molecule has 3 rings (SSSR count). The van der Waals surface area contributed by atoms with E-state index < -0.39 is 0 Å². The van der Waals surface area contributed by atoms with Crippen LogP contribution in [0.3, 0.4) is 0 Å². The summed E-state index contributed by atoms with van der Waals surface area (Å²) in [5, 5.41) is 11.6. The highest BCUT2D eigenvalue weighted by Gasteiger charge is 2.21. The third kappa shape index (κ3) is 2.62. The maximum absolute atomic E-state index is 8.62. The van der Waals surface area contributed by atoms with Crippen LogP contribution in [-0.4, -0.2) is 63.2 Å². The van der Waals surface area contributed by atoms with Crippen LogP contribution in [0.25, 0.3) is 11.0 Å². The number of nitrogens with two attached hydrogens (primary N) is 1. The van der Waals surface area contributed by atoms with Crippen molar-refractivity contribution in [1.82, 2.24) is 19.4 Å². The van der Waals surface area contributed by atoms with Crippen LogP contribution in [0.15, 0.2) is 23.7 Å². The molecule has 2 aromatic heterocycles. The Labute approximate surface area is 122 Å². The Morgan fingerprint density at radius 1 is 1.33 bits per heavy atom. The highest BCUT2D eigenvalue weighted by molar-refractivity contribution is 5.86. The molecule has 1 saturated heterocycles. The second-order valence-electron chi connectivity index (χ2n) is 5.21. The van der Waals surface area contributed by atoms with E-state index in [1.165, 1.54) is 0 Å². The number of anilines is 1. The molecule has 21 heavy (non-hydrogen) atoms. The molecule has 1 aliphatic heterocycles. The first-order valence-corrected chi connectivity index (χ1v) is 6.89. The number of hydrogen-bond donors (Lipinski definition) is 2. The van der Waals surface area contributed by atoms with Gasteiger partial charge < -0.3 is 20.4 Å². The summed E-state index contributed by atoms with van der Waals surface area (Å²) in [7, 11) is 1.98. The van der Waals surface area contributed by atoms with Crippen molar-refractivity contribution in [2.24, 2.45) is 17.9 Å². The minimum absolute atomic E-state index is 0.244. The van der Waals surface area contributed by atoms with Gasteiger partial charge in [-0.05, 0) is 6.07 Å². The molecule has 0 unspecified atom stereocenters. The highest BCUT2D eigenvalue weighted by Crippen LogP contribution is 2.23. The Balaban J connectivity index is 1.74.